The fourth-order valence-corrected chi connectivity index (χ4v) is 3.53. The van der Waals surface area contributed by atoms with E-state index in [9.17, 15) is 5.11 Å². The molecule has 1 aromatic carbocycles. The third-order valence-electron chi connectivity index (χ3n) is 3.64. The first-order valence-corrected chi connectivity index (χ1v) is 7.75. The van der Waals surface area contributed by atoms with Crippen molar-refractivity contribution in [1.82, 2.24) is 4.90 Å². The molecule has 1 aliphatic heterocycles. The summed E-state index contributed by atoms with van der Waals surface area (Å²) in [5.74, 6) is 0. The summed E-state index contributed by atoms with van der Waals surface area (Å²) in [5.41, 5.74) is 1.27. The van der Waals surface area contributed by atoms with Gasteiger partial charge in [0.1, 0.15) is 0 Å². The number of thiophene rings is 1. The largest absolute Gasteiger partial charge is 0.395 e. The Labute approximate surface area is 123 Å². The quantitative estimate of drug-likeness (QED) is 0.939. The summed E-state index contributed by atoms with van der Waals surface area (Å²) in [4.78, 5) is 4.95. The molecule has 0 radical (unpaired) electrons. The summed E-state index contributed by atoms with van der Waals surface area (Å²) in [7, 11) is 0. The Hall–Kier alpha value is -1.20. The molecule has 0 spiro atoms. The predicted molar refractivity (Wildman–Crippen MR) is 81.9 cm³/mol. The SMILES string of the molecule is OC[C@H]1COCCN1Cc1ccc(-c2ccccc2)s1. The molecule has 2 heterocycles. The first-order valence-electron chi connectivity index (χ1n) is 6.93. The van der Waals surface area contributed by atoms with E-state index in [0.717, 1.165) is 19.7 Å². The molecule has 0 aliphatic carbocycles. The molecule has 0 bridgehead atoms. The molecule has 1 fully saturated rings. The minimum Gasteiger partial charge on any atom is -0.395 e. The second kappa shape index (κ2) is 6.50. The topological polar surface area (TPSA) is 32.7 Å². The predicted octanol–water partition coefficient (Wildman–Crippen LogP) is 2.61. The smallest absolute Gasteiger partial charge is 0.0645 e. The zero-order chi connectivity index (χ0) is 13.8. The van der Waals surface area contributed by atoms with Gasteiger partial charge in [0, 0.05) is 22.8 Å². The molecule has 2 aromatic rings. The molecule has 1 saturated heterocycles. The van der Waals surface area contributed by atoms with Gasteiger partial charge in [-0.1, -0.05) is 30.3 Å². The van der Waals surface area contributed by atoms with Crippen LogP contribution < -0.4 is 0 Å². The number of benzene rings is 1. The van der Waals surface area contributed by atoms with E-state index < -0.39 is 0 Å². The summed E-state index contributed by atoms with van der Waals surface area (Å²) in [5, 5.41) is 9.40. The molecule has 106 valence electrons. The normalized spacial score (nSPS) is 20.1. The van der Waals surface area contributed by atoms with Crippen molar-refractivity contribution in [3.05, 3.63) is 47.3 Å². The molecule has 20 heavy (non-hydrogen) atoms. The second-order valence-corrected chi connectivity index (χ2v) is 6.18. The third-order valence-corrected chi connectivity index (χ3v) is 4.76. The Kier molecular flexibility index (Phi) is 4.47. The molecule has 0 saturated carbocycles. The molecular weight excluding hydrogens is 270 g/mol. The Morgan fingerprint density at radius 2 is 2.05 bits per heavy atom. The van der Waals surface area contributed by atoms with Crippen LogP contribution in [0.4, 0.5) is 0 Å². The van der Waals surface area contributed by atoms with Gasteiger partial charge in [-0.05, 0) is 17.7 Å². The van der Waals surface area contributed by atoms with Crippen molar-refractivity contribution in [2.24, 2.45) is 0 Å². The highest BCUT2D eigenvalue weighted by Gasteiger charge is 2.22. The first kappa shape index (κ1) is 13.8. The number of hydrogen-bond acceptors (Lipinski definition) is 4. The van der Waals surface area contributed by atoms with E-state index in [1.165, 1.54) is 15.3 Å². The summed E-state index contributed by atoms with van der Waals surface area (Å²) in [6.07, 6.45) is 0. The Balaban J connectivity index is 1.71. The summed E-state index contributed by atoms with van der Waals surface area (Å²) in [6, 6.07) is 15.0. The van der Waals surface area contributed by atoms with Crippen molar-refractivity contribution >= 4 is 11.3 Å². The molecule has 1 atom stereocenters. The van der Waals surface area contributed by atoms with Crippen LogP contribution in [0.25, 0.3) is 10.4 Å². The lowest BCUT2D eigenvalue weighted by Gasteiger charge is -2.33. The van der Waals surface area contributed by atoms with Gasteiger partial charge in [0.2, 0.25) is 0 Å². The number of aliphatic hydroxyl groups excluding tert-OH is 1. The van der Waals surface area contributed by atoms with Gasteiger partial charge >= 0.3 is 0 Å². The molecule has 3 rings (SSSR count). The highest BCUT2D eigenvalue weighted by molar-refractivity contribution is 7.15. The van der Waals surface area contributed by atoms with Crippen LogP contribution in [0.5, 0.6) is 0 Å². The number of aliphatic hydroxyl groups is 1. The van der Waals surface area contributed by atoms with Crippen molar-refractivity contribution in [3.8, 4) is 10.4 Å². The summed E-state index contributed by atoms with van der Waals surface area (Å²) < 4.78 is 5.42. The molecule has 1 aromatic heterocycles. The van der Waals surface area contributed by atoms with Gasteiger partial charge in [-0.2, -0.15) is 0 Å². The fourth-order valence-electron chi connectivity index (χ4n) is 2.49. The van der Waals surface area contributed by atoms with Gasteiger partial charge in [-0.15, -0.1) is 11.3 Å². The average molecular weight is 289 g/mol. The van der Waals surface area contributed by atoms with Crippen LogP contribution in [0.1, 0.15) is 4.88 Å². The Bertz CT molecular complexity index is 540. The lowest BCUT2D eigenvalue weighted by Crippen LogP contribution is -2.46. The minimum absolute atomic E-state index is 0.131. The summed E-state index contributed by atoms with van der Waals surface area (Å²) in [6.45, 7) is 3.34. The molecule has 4 heteroatoms. The lowest BCUT2D eigenvalue weighted by atomic mass is 10.2. The van der Waals surface area contributed by atoms with E-state index in [4.69, 9.17) is 4.74 Å². The fraction of sp³-hybridized carbons (Fsp3) is 0.375. The van der Waals surface area contributed by atoms with Crippen LogP contribution >= 0.6 is 11.3 Å². The number of ether oxygens (including phenoxy) is 1. The van der Waals surface area contributed by atoms with Gasteiger partial charge in [-0.3, -0.25) is 4.90 Å². The number of nitrogens with zero attached hydrogens (tertiary/aromatic N) is 1. The molecular formula is C16H19NO2S. The van der Waals surface area contributed by atoms with Crippen LogP contribution in [-0.4, -0.2) is 42.4 Å². The van der Waals surface area contributed by atoms with E-state index in [0.29, 0.717) is 6.61 Å². The maximum absolute atomic E-state index is 9.40. The molecule has 0 amide bonds. The highest BCUT2D eigenvalue weighted by Crippen LogP contribution is 2.29. The van der Waals surface area contributed by atoms with Crippen molar-refractivity contribution in [3.63, 3.8) is 0 Å². The molecule has 1 aliphatic rings. The zero-order valence-corrected chi connectivity index (χ0v) is 12.2. The van der Waals surface area contributed by atoms with Crippen molar-refractivity contribution in [2.75, 3.05) is 26.4 Å². The van der Waals surface area contributed by atoms with E-state index in [1.54, 1.807) is 0 Å². The van der Waals surface area contributed by atoms with Crippen LogP contribution in [-0.2, 0) is 11.3 Å². The average Bonchev–Trinajstić information content (AvgIpc) is 2.97. The van der Waals surface area contributed by atoms with Crippen LogP contribution in [0.15, 0.2) is 42.5 Å². The van der Waals surface area contributed by atoms with E-state index in [2.05, 4.69) is 41.3 Å². The standard InChI is InChI=1S/C16H19NO2S/c18-11-14-12-19-9-8-17(14)10-15-6-7-16(20-15)13-4-2-1-3-5-13/h1-7,14,18H,8-12H2/t14-/m0/s1. The van der Waals surface area contributed by atoms with Crippen LogP contribution in [0.2, 0.25) is 0 Å². The van der Waals surface area contributed by atoms with E-state index >= 15 is 0 Å². The summed E-state index contributed by atoms with van der Waals surface area (Å²) >= 11 is 1.83. The maximum Gasteiger partial charge on any atom is 0.0645 e. The maximum atomic E-state index is 9.40. The van der Waals surface area contributed by atoms with Gasteiger partial charge in [0.05, 0.1) is 25.9 Å². The second-order valence-electron chi connectivity index (χ2n) is 5.01. The van der Waals surface area contributed by atoms with Gasteiger partial charge in [-0.25, -0.2) is 0 Å². The lowest BCUT2D eigenvalue weighted by molar-refractivity contribution is -0.0308. The van der Waals surface area contributed by atoms with Gasteiger partial charge < -0.3 is 9.84 Å². The first-order chi connectivity index (χ1) is 9.86. The highest BCUT2D eigenvalue weighted by atomic mass is 32.1. The van der Waals surface area contributed by atoms with Crippen molar-refractivity contribution in [2.45, 2.75) is 12.6 Å². The number of hydrogen-bond donors (Lipinski definition) is 1. The molecule has 3 nitrogen and oxygen atoms in total. The third kappa shape index (κ3) is 3.10. The number of rotatable bonds is 4. The van der Waals surface area contributed by atoms with Crippen LogP contribution in [0.3, 0.4) is 0 Å². The van der Waals surface area contributed by atoms with Gasteiger partial charge in [0.25, 0.3) is 0 Å². The van der Waals surface area contributed by atoms with E-state index in [-0.39, 0.29) is 12.6 Å². The van der Waals surface area contributed by atoms with E-state index in [1.807, 2.05) is 17.4 Å². The Morgan fingerprint density at radius 3 is 2.85 bits per heavy atom. The minimum atomic E-state index is 0.131. The molecule has 0 unspecified atom stereocenters. The molecule has 1 N–H and O–H groups in total. The Morgan fingerprint density at radius 1 is 1.20 bits per heavy atom. The van der Waals surface area contributed by atoms with Crippen molar-refractivity contribution < 1.29 is 9.84 Å². The van der Waals surface area contributed by atoms with Gasteiger partial charge in [0.15, 0.2) is 0 Å². The van der Waals surface area contributed by atoms with Crippen LogP contribution in [0, 0.1) is 0 Å². The van der Waals surface area contributed by atoms with Crippen molar-refractivity contribution in [1.29, 1.82) is 0 Å². The zero-order valence-electron chi connectivity index (χ0n) is 11.4. The monoisotopic (exact) mass is 289 g/mol. The number of morpholine rings is 1.